The monoisotopic (exact) mass is 409 g/mol. The number of benzene rings is 1. The molecule has 30 heavy (non-hydrogen) atoms. The van der Waals surface area contributed by atoms with E-state index in [2.05, 4.69) is 81.8 Å². The van der Waals surface area contributed by atoms with Gasteiger partial charge in [0, 0.05) is 27.2 Å². The molecule has 2 aliphatic heterocycles. The van der Waals surface area contributed by atoms with Crippen LogP contribution in [0, 0.1) is 20.8 Å². The quantitative estimate of drug-likeness (QED) is 0.760. The summed E-state index contributed by atoms with van der Waals surface area (Å²) in [6, 6.07) is 4.96. The topological polar surface area (TPSA) is 36.7 Å². The SMILES string of the molecule is CCC(CC)n1c2c(n(C)c1=O)N(C)C1=CC(c3c(C)cc(C)cc3C)N(C)N1C2. The van der Waals surface area contributed by atoms with Crippen LogP contribution in [0.1, 0.15) is 66.7 Å². The number of hydrazine groups is 1. The van der Waals surface area contributed by atoms with Gasteiger partial charge >= 0.3 is 5.69 Å². The van der Waals surface area contributed by atoms with Gasteiger partial charge in [0.25, 0.3) is 0 Å². The second-order valence-corrected chi connectivity index (χ2v) is 8.92. The lowest BCUT2D eigenvalue weighted by atomic mass is 9.94. The second kappa shape index (κ2) is 7.34. The van der Waals surface area contributed by atoms with Crippen LogP contribution in [0.4, 0.5) is 5.82 Å². The highest BCUT2D eigenvalue weighted by Gasteiger charge is 2.40. The van der Waals surface area contributed by atoms with Crippen molar-refractivity contribution >= 4 is 5.82 Å². The van der Waals surface area contributed by atoms with E-state index in [-0.39, 0.29) is 17.8 Å². The number of fused-ring (bicyclic) bond motifs is 2. The molecule has 1 aromatic carbocycles. The van der Waals surface area contributed by atoms with Crippen molar-refractivity contribution in [2.24, 2.45) is 7.05 Å². The molecule has 0 saturated heterocycles. The van der Waals surface area contributed by atoms with Crippen LogP contribution in [0.3, 0.4) is 0 Å². The molecular formula is C24H35N5O. The molecule has 1 unspecified atom stereocenters. The summed E-state index contributed by atoms with van der Waals surface area (Å²) in [6.07, 6.45) is 4.26. The highest BCUT2D eigenvalue weighted by molar-refractivity contribution is 5.55. The van der Waals surface area contributed by atoms with Crippen molar-refractivity contribution in [2.75, 3.05) is 19.0 Å². The molecule has 0 saturated carbocycles. The third-order valence-corrected chi connectivity index (χ3v) is 7.02. The van der Waals surface area contributed by atoms with Gasteiger partial charge in [0.15, 0.2) is 0 Å². The molecule has 0 aliphatic carbocycles. The van der Waals surface area contributed by atoms with Gasteiger partial charge in [-0.15, -0.1) is 0 Å². The molecule has 0 bridgehead atoms. The van der Waals surface area contributed by atoms with Crippen molar-refractivity contribution in [2.45, 2.75) is 66.1 Å². The lowest BCUT2D eigenvalue weighted by Gasteiger charge is -2.40. The summed E-state index contributed by atoms with van der Waals surface area (Å²) in [4.78, 5) is 15.3. The zero-order chi connectivity index (χ0) is 21.9. The molecule has 2 aliphatic rings. The Bertz CT molecular complexity index is 1050. The van der Waals surface area contributed by atoms with Gasteiger partial charge in [-0.2, -0.15) is 0 Å². The average molecular weight is 410 g/mol. The predicted octanol–water partition coefficient (Wildman–Crippen LogP) is 4.17. The van der Waals surface area contributed by atoms with Gasteiger partial charge in [0.1, 0.15) is 11.6 Å². The Balaban J connectivity index is 1.82. The average Bonchev–Trinajstić information content (AvgIpc) is 3.13. The Morgan fingerprint density at radius 3 is 2.20 bits per heavy atom. The van der Waals surface area contributed by atoms with E-state index in [1.165, 1.54) is 22.3 Å². The van der Waals surface area contributed by atoms with E-state index < -0.39 is 0 Å². The van der Waals surface area contributed by atoms with Crippen molar-refractivity contribution in [1.82, 2.24) is 19.2 Å². The van der Waals surface area contributed by atoms with Crippen molar-refractivity contribution in [1.29, 1.82) is 0 Å². The highest BCUT2D eigenvalue weighted by atomic mass is 16.2. The standard InChI is InChI=1S/C24H35N5O/c1-9-18(10-2)29-20-14-28-21(25(6)23(20)26(7)24(29)30)13-19(27(28)8)22-16(4)11-15(3)12-17(22)5/h11-13,18-19H,9-10,14H2,1-8H3. The summed E-state index contributed by atoms with van der Waals surface area (Å²) >= 11 is 0. The molecule has 0 N–H and O–H groups in total. The van der Waals surface area contributed by atoms with Crippen LogP contribution >= 0.6 is 0 Å². The molecule has 0 spiro atoms. The van der Waals surface area contributed by atoms with E-state index in [4.69, 9.17) is 0 Å². The maximum Gasteiger partial charge on any atom is 0.330 e. The predicted molar refractivity (Wildman–Crippen MR) is 122 cm³/mol. The zero-order valence-electron chi connectivity index (χ0n) is 19.7. The van der Waals surface area contributed by atoms with E-state index in [1.54, 1.807) is 0 Å². The van der Waals surface area contributed by atoms with Crippen LogP contribution in [0.2, 0.25) is 0 Å². The number of anilines is 1. The second-order valence-electron chi connectivity index (χ2n) is 8.92. The third kappa shape index (κ3) is 2.84. The van der Waals surface area contributed by atoms with Gasteiger partial charge in [-0.25, -0.2) is 9.80 Å². The number of imidazole rings is 1. The highest BCUT2D eigenvalue weighted by Crippen LogP contribution is 2.43. The van der Waals surface area contributed by atoms with E-state index >= 15 is 0 Å². The minimum atomic E-state index is 0.0896. The summed E-state index contributed by atoms with van der Waals surface area (Å²) in [5, 5.41) is 4.65. The summed E-state index contributed by atoms with van der Waals surface area (Å²) in [5.41, 5.74) is 6.54. The first-order valence-corrected chi connectivity index (χ1v) is 11.0. The summed E-state index contributed by atoms with van der Waals surface area (Å²) in [6.45, 7) is 11.6. The number of hydrogen-bond donors (Lipinski definition) is 0. The Morgan fingerprint density at radius 1 is 1.03 bits per heavy atom. The molecule has 1 atom stereocenters. The number of nitrogens with zero attached hydrogens (tertiary/aromatic N) is 5. The first kappa shape index (κ1) is 20.8. The maximum absolute atomic E-state index is 13.1. The van der Waals surface area contributed by atoms with Gasteiger partial charge in [0.2, 0.25) is 0 Å². The molecule has 0 fully saturated rings. The van der Waals surface area contributed by atoms with Crippen LogP contribution in [-0.2, 0) is 13.6 Å². The molecule has 0 radical (unpaired) electrons. The lowest BCUT2D eigenvalue weighted by molar-refractivity contribution is 0.0186. The summed E-state index contributed by atoms with van der Waals surface area (Å²) < 4.78 is 3.85. The number of likely N-dealkylation sites (N-methyl/N-ethyl adjacent to an activating group) is 1. The van der Waals surface area contributed by atoms with E-state index in [0.29, 0.717) is 0 Å². The molecule has 3 heterocycles. The third-order valence-electron chi connectivity index (χ3n) is 7.02. The van der Waals surface area contributed by atoms with Crippen molar-refractivity contribution in [3.8, 4) is 0 Å². The van der Waals surface area contributed by atoms with Crippen molar-refractivity contribution in [3.63, 3.8) is 0 Å². The van der Waals surface area contributed by atoms with Crippen LogP contribution in [0.15, 0.2) is 28.8 Å². The number of aryl methyl sites for hydroxylation is 3. The summed E-state index contributed by atoms with van der Waals surface area (Å²) in [5.74, 6) is 2.16. The maximum atomic E-state index is 13.1. The molecule has 4 rings (SSSR count). The van der Waals surface area contributed by atoms with E-state index in [0.717, 1.165) is 36.7 Å². The van der Waals surface area contributed by atoms with Crippen LogP contribution < -0.4 is 10.6 Å². The smallest absolute Gasteiger partial charge is 0.315 e. The first-order valence-electron chi connectivity index (χ1n) is 11.0. The molecule has 0 amide bonds. The number of aromatic nitrogens is 2. The summed E-state index contributed by atoms with van der Waals surface area (Å²) in [7, 11) is 6.14. The minimum absolute atomic E-state index is 0.0896. The molecular weight excluding hydrogens is 374 g/mol. The largest absolute Gasteiger partial charge is 0.330 e. The fourth-order valence-electron chi connectivity index (χ4n) is 5.57. The van der Waals surface area contributed by atoms with Crippen LogP contribution in [-0.4, -0.2) is 33.2 Å². The van der Waals surface area contributed by atoms with Gasteiger partial charge in [-0.1, -0.05) is 31.5 Å². The van der Waals surface area contributed by atoms with Crippen molar-refractivity contribution < 1.29 is 0 Å². The van der Waals surface area contributed by atoms with Crippen molar-refractivity contribution in [3.05, 3.63) is 62.5 Å². The molecule has 162 valence electrons. The fraction of sp³-hybridized carbons (Fsp3) is 0.542. The number of hydrogen-bond acceptors (Lipinski definition) is 4. The van der Waals surface area contributed by atoms with Crippen LogP contribution in [0.5, 0.6) is 0 Å². The minimum Gasteiger partial charge on any atom is -0.315 e. The van der Waals surface area contributed by atoms with Crippen LogP contribution in [0.25, 0.3) is 0 Å². The van der Waals surface area contributed by atoms with Gasteiger partial charge in [-0.05, 0) is 56.4 Å². The molecule has 6 heteroatoms. The Kier molecular flexibility index (Phi) is 5.09. The van der Waals surface area contributed by atoms with E-state index in [1.807, 2.05) is 16.2 Å². The molecule has 2 aromatic rings. The van der Waals surface area contributed by atoms with E-state index in [9.17, 15) is 4.79 Å². The van der Waals surface area contributed by atoms with Gasteiger partial charge in [-0.3, -0.25) is 14.1 Å². The Hall–Kier alpha value is -2.47. The number of rotatable bonds is 4. The van der Waals surface area contributed by atoms with Gasteiger partial charge < -0.3 is 4.90 Å². The zero-order valence-corrected chi connectivity index (χ0v) is 19.7. The first-order chi connectivity index (χ1) is 14.2. The molecule has 1 aromatic heterocycles. The molecule has 6 nitrogen and oxygen atoms in total. The normalized spacial score (nSPS) is 18.8. The Morgan fingerprint density at radius 2 is 1.63 bits per heavy atom. The van der Waals surface area contributed by atoms with Gasteiger partial charge in [0.05, 0.1) is 18.3 Å². The fourth-order valence-corrected chi connectivity index (χ4v) is 5.57. The Labute approximate surface area is 180 Å². The lowest BCUT2D eigenvalue weighted by Crippen LogP contribution is -2.44.